The topological polar surface area (TPSA) is 100 Å². The van der Waals surface area contributed by atoms with Gasteiger partial charge in [-0.25, -0.2) is 0 Å². The van der Waals surface area contributed by atoms with Gasteiger partial charge in [-0.2, -0.15) is 0 Å². The molecule has 1 heterocycles. The SMILES string of the molecule is CCC(NC(=O)c1ccc(=O)[nH]c1)c1ccccc1OCC(=O)NC. The lowest BCUT2D eigenvalue weighted by molar-refractivity contribution is -0.122. The first kappa shape index (κ1) is 18.3. The lowest BCUT2D eigenvalue weighted by Gasteiger charge is -2.20. The number of H-pyrrole nitrogens is 1. The van der Waals surface area contributed by atoms with E-state index in [4.69, 9.17) is 4.74 Å². The maximum absolute atomic E-state index is 12.4. The molecule has 0 saturated carbocycles. The molecule has 1 aromatic carbocycles. The Morgan fingerprint density at radius 1 is 1.20 bits per heavy atom. The molecule has 0 spiro atoms. The summed E-state index contributed by atoms with van der Waals surface area (Å²) in [7, 11) is 1.54. The van der Waals surface area contributed by atoms with Crippen LogP contribution in [0.4, 0.5) is 0 Å². The third-order valence-electron chi connectivity index (χ3n) is 3.69. The second kappa shape index (κ2) is 8.68. The van der Waals surface area contributed by atoms with Crippen LogP contribution in [0.1, 0.15) is 35.3 Å². The number of hydrogen-bond acceptors (Lipinski definition) is 4. The number of likely N-dealkylation sites (N-methyl/N-ethyl adjacent to an activating group) is 1. The molecule has 1 unspecified atom stereocenters. The summed E-state index contributed by atoms with van der Waals surface area (Å²) in [5.41, 5.74) is 0.880. The van der Waals surface area contributed by atoms with E-state index in [2.05, 4.69) is 15.6 Å². The zero-order valence-corrected chi connectivity index (χ0v) is 14.2. The van der Waals surface area contributed by atoms with Gasteiger partial charge < -0.3 is 20.4 Å². The number of pyridine rings is 1. The zero-order chi connectivity index (χ0) is 18.2. The van der Waals surface area contributed by atoms with Gasteiger partial charge in [-0.15, -0.1) is 0 Å². The molecule has 3 N–H and O–H groups in total. The molecule has 0 bridgehead atoms. The first-order chi connectivity index (χ1) is 12.0. The fourth-order valence-electron chi connectivity index (χ4n) is 2.31. The van der Waals surface area contributed by atoms with Crippen molar-refractivity contribution in [1.29, 1.82) is 0 Å². The van der Waals surface area contributed by atoms with Gasteiger partial charge in [0.15, 0.2) is 6.61 Å². The van der Waals surface area contributed by atoms with Crippen molar-refractivity contribution in [2.24, 2.45) is 0 Å². The zero-order valence-electron chi connectivity index (χ0n) is 14.2. The summed E-state index contributed by atoms with van der Waals surface area (Å²) in [5, 5.41) is 5.41. The highest BCUT2D eigenvalue weighted by Crippen LogP contribution is 2.27. The number of amides is 2. The van der Waals surface area contributed by atoms with Gasteiger partial charge in [0, 0.05) is 24.9 Å². The highest BCUT2D eigenvalue weighted by Gasteiger charge is 2.18. The first-order valence-electron chi connectivity index (χ1n) is 7.97. The summed E-state index contributed by atoms with van der Waals surface area (Å²) in [5.74, 6) is 0.00375. The Hall–Kier alpha value is -3.09. The predicted molar refractivity (Wildman–Crippen MR) is 93.6 cm³/mol. The van der Waals surface area contributed by atoms with Crippen LogP contribution in [0.2, 0.25) is 0 Å². The molecule has 1 atom stereocenters. The highest BCUT2D eigenvalue weighted by atomic mass is 16.5. The minimum absolute atomic E-state index is 0.0994. The normalized spacial score (nSPS) is 11.4. The summed E-state index contributed by atoms with van der Waals surface area (Å²) < 4.78 is 5.56. The Labute approximate surface area is 145 Å². The molecular weight excluding hydrogens is 322 g/mol. The number of benzene rings is 1. The molecule has 25 heavy (non-hydrogen) atoms. The van der Waals surface area contributed by atoms with Crippen molar-refractivity contribution in [2.45, 2.75) is 19.4 Å². The Morgan fingerprint density at radius 3 is 2.60 bits per heavy atom. The van der Waals surface area contributed by atoms with E-state index in [1.807, 2.05) is 19.1 Å². The molecule has 0 radical (unpaired) electrons. The lowest BCUT2D eigenvalue weighted by Crippen LogP contribution is -2.29. The molecule has 0 fully saturated rings. The van der Waals surface area contributed by atoms with Gasteiger partial charge in [-0.3, -0.25) is 14.4 Å². The molecule has 0 saturated heterocycles. The van der Waals surface area contributed by atoms with Crippen molar-refractivity contribution in [3.8, 4) is 5.75 Å². The van der Waals surface area contributed by atoms with Crippen LogP contribution in [0.15, 0.2) is 47.4 Å². The summed E-state index contributed by atoms with van der Waals surface area (Å²) in [6.07, 6.45) is 2.01. The van der Waals surface area contributed by atoms with E-state index < -0.39 is 0 Å². The molecule has 7 heteroatoms. The standard InChI is InChI=1S/C18H21N3O4/c1-3-14(21-18(24)12-8-9-16(22)20-10-12)13-6-4-5-7-15(13)25-11-17(23)19-2/h4-10,14H,3,11H2,1-2H3,(H,19,23)(H,20,22)(H,21,24). The van der Waals surface area contributed by atoms with Crippen LogP contribution in [-0.2, 0) is 4.79 Å². The third-order valence-corrected chi connectivity index (χ3v) is 3.69. The van der Waals surface area contributed by atoms with Gasteiger partial charge >= 0.3 is 0 Å². The summed E-state index contributed by atoms with van der Waals surface area (Å²) in [4.78, 5) is 37.4. The summed E-state index contributed by atoms with van der Waals surface area (Å²) in [6, 6.07) is 9.73. The van der Waals surface area contributed by atoms with Gasteiger partial charge in [-0.1, -0.05) is 25.1 Å². The van der Waals surface area contributed by atoms with E-state index in [-0.39, 0.29) is 30.0 Å². The van der Waals surface area contributed by atoms with E-state index >= 15 is 0 Å². The molecule has 0 aliphatic rings. The third kappa shape index (κ3) is 4.94. The largest absolute Gasteiger partial charge is 0.483 e. The summed E-state index contributed by atoms with van der Waals surface area (Å²) >= 11 is 0. The second-order valence-corrected chi connectivity index (χ2v) is 5.38. The Morgan fingerprint density at radius 2 is 1.96 bits per heavy atom. The number of hydrogen-bond donors (Lipinski definition) is 3. The molecule has 1 aromatic heterocycles. The van der Waals surface area contributed by atoms with Gasteiger partial charge in [-0.05, 0) is 18.6 Å². The molecule has 0 aliphatic carbocycles. The van der Waals surface area contributed by atoms with Crippen LogP contribution < -0.4 is 20.9 Å². The molecule has 2 aromatic rings. The maximum atomic E-state index is 12.4. The van der Waals surface area contributed by atoms with Crippen LogP contribution in [0.3, 0.4) is 0 Å². The number of nitrogens with one attached hydrogen (secondary N) is 3. The fraction of sp³-hybridized carbons (Fsp3) is 0.278. The molecule has 132 valence electrons. The number of ether oxygens (including phenoxy) is 1. The molecular formula is C18H21N3O4. The predicted octanol–water partition coefficient (Wildman–Crippen LogP) is 1.38. The van der Waals surface area contributed by atoms with E-state index in [0.717, 1.165) is 5.56 Å². The van der Waals surface area contributed by atoms with Gasteiger partial charge in [0.2, 0.25) is 5.56 Å². The van der Waals surface area contributed by atoms with Gasteiger partial charge in [0.1, 0.15) is 5.75 Å². The van der Waals surface area contributed by atoms with Crippen LogP contribution in [0.25, 0.3) is 0 Å². The van der Waals surface area contributed by atoms with Crippen molar-refractivity contribution < 1.29 is 14.3 Å². The van der Waals surface area contributed by atoms with E-state index in [1.54, 1.807) is 12.1 Å². The maximum Gasteiger partial charge on any atom is 0.257 e. The quantitative estimate of drug-likeness (QED) is 0.707. The number of aromatic amines is 1. The number of aromatic nitrogens is 1. The average Bonchev–Trinajstić information content (AvgIpc) is 2.64. The highest BCUT2D eigenvalue weighted by molar-refractivity contribution is 5.94. The first-order valence-corrected chi connectivity index (χ1v) is 7.97. The monoisotopic (exact) mass is 343 g/mol. The van der Waals surface area contributed by atoms with Crippen LogP contribution in [0.5, 0.6) is 5.75 Å². The lowest BCUT2D eigenvalue weighted by atomic mass is 10.0. The van der Waals surface area contributed by atoms with Crippen LogP contribution >= 0.6 is 0 Å². The molecule has 7 nitrogen and oxygen atoms in total. The Balaban J connectivity index is 2.16. The van der Waals surface area contributed by atoms with Crippen molar-refractivity contribution in [3.63, 3.8) is 0 Å². The smallest absolute Gasteiger partial charge is 0.257 e. The number of carbonyl (C=O) groups is 2. The molecule has 0 aliphatic heterocycles. The van der Waals surface area contributed by atoms with Crippen molar-refractivity contribution in [1.82, 2.24) is 15.6 Å². The Kier molecular flexibility index (Phi) is 6.33. The van der Waals surface area contributed by atoms with E-state index in [1.165, 1.54) is 25.4 Å². The van der Waals surface area contributed by atoms with Crippen LogP contribution in [-0.4, -0.2) is 30.5 Å². The van der Waals surface area contributed by atoms with Crippen molar-refractivity contribution >= 4 is 11.8 Å². The molecule has 2 amide bonds. The molecule has 2 rings (SSSR count). The van der Waals surface area contributed by atoms with E-state index in [0.29, 0.717) is 17.7 Å². The fourth-order valence-corrected chi connectivity index (χ4v) is 2.31. The Bertz CT molecular complexity index is 780. The number of carbonyl (C=O) groups excluding carboxylic acids is 2. The minimum atomic E-state index is -0.302. The van der Waals surface area contributed by atoms with E-state index in [9.17, 15) is 14.4 Å². The minimum Gasteiger partial charge on any atom is -0.483 e. The van der Waals surface area contributed by atoms with Crippen molar-refractivity contribution in [2.75, 3.05) is 13.7 Å². The van der Waals surface area contributed by atoms with Crippen LogP contribution in [0, 0.1) is 0 Å². The van der Waals surface area contributed by atoms with Gasteiger partial charge in [0.05, 0.1) is 11.6 Å². The van der Waals surface area contributed by atoms with Crippen molar-refractivity contribution in [3.05, 3.63) is 64.1 Å². The van der Waals surface area contributed by atoms with Gasteiger partial charge in [0.25, 0.3) is 11.8 Å². The average molecular weight is 343 g/mol. The second-order valence-electron chi connectivity index (χ2n) is 5.38. The summed E-state index contributed by atoms with van der Waals surface area (Å²) in [6.45, 7) is 1.84. The number of para-hydroxylation sites is 1. The number of rotatable bonds is 7.